The third kappa shape index (κ3) is 3.36. The Bertz CT molecular complexity index is 600. The molecule has 5 nitrogen and oxygen atoms in total. The largest absolute Gasteiger partial charge is 0.495 e. The molecular formula is C12H11ClN2O3S. The summed E-state index contributed by atoms with van der Waals surface area (Å²) in [6, 6.07) is 6.90. The highest BCUT2D eigenvalue weighted by atomic mass is 35.5. The summed E-state index contributed by atoms with van der Waals surface area (Å²) in [5, 5.41) is 16.2. The summed E-state index contributed by atoms with van der Waals surface area (Å²) < 4.78 is 5.11. The molecule has 0 bridgehead atoms. The molecule has 0 radical (unpaired) electrons. The van der Waals surface area contributed by atoms with E-state index in [4.69, 9.17) is 16.3 Å². The highest BCUT2D eigenvalue weighted by molar-refractivity contribution is 7.13. The molecular weight excluding hydrogens is 288 g/mol. The first-order valence-electron chi connectivity index (χ1n) is 5.39. The Labute approximate surface area is 118 Å². The number of hydrogen-bond acceptors (Lipinski definition) is 5. The van der Waals surface area contributed by atoms with E-state index < -0.39 is 0 Å². The van der Waals surface area contributed by atoms with Gasteiger partial charge >= 0.3 is 5.00 Å². The topological polar surface area (TPSA) is 64.4 Å². The second kappa shape index (κ2) is 5.90. The Kier molecular flexibility index (Phi) is 4.24. The number of nitrogens with one attached hydrogen (secondary N) is 1. The minimum Gasteiger partial charge on any atom is -0.495 e. The van der Waals surface area contributed by atoms with Gasteiger partial charge in [-0.2, -0.15) is 0 Å². The fourth-order valence-corrected chi connectivity index (χ4v) is 2.45. The predicted molar refractivity (Wildman–Crippen MR) is 76.3 cm³/mol. The fraction of sp³-hybridized carbons (Fsp3) is 0.167. The smallest absolute Gasteiger partial charge is 0.324 e. The second-order valence-electron chi connectivity index (χ2n) is 3.75. The van der Waals surface area contributed by atoms with E-state index in [0.717, 1.165) is 22.6 Å². The van der Waals surface area contributed by atoms with Crippen molar-refractivity contribution in [2.24, 2.45) is 0 Å². The van der Waals surface area contributed by atoms with Gasteiger partial charge in [0, 0.05) is 29.7 Å². The molecule has 1 N–H and O–H groups in total. The van der Waals surface area contributed by atoms with Crippen molar-refractivity contribution in [1.29, 1.82) is 0 Å². The molecule has 19 heavy (non-hydrogen) atoms. The fourth-order valence-electron chi connectivity index (χ4n) is 1.53. The highest BCUT2D eigenvalue weighted by Gasteiger charge is 2.09. The number of anilines is 1. The van der Waals surface area contributed by atoms with Crippen LogP contribution in [0, 0.1) is 10.1 Å². The third-order valence-corrected chi connectivity index (χ3v) is 3.71. The summed E-state index contributed by atoms with van der Waals surface area (Å²) in [7, 11) is 1.55. The van der Waals surface area contributed by atoms with Crippen LogP contribution >= 0.6 is 22.9 Å². The van der Waals surface area contributed by atoms with Crippen LogP contribution in [0.5, 0.6) is 5.75 Å². The molecule has 0 aliphatic rings. The molecule has 0 aliphatic heterocycles. The lowest BCUT2D eigenvalue weighted by Crippen LogP contribution is -1.98. The van der Waals surface area contributed by atoms with Crippen molar-refractivity contribution in [2.45, 2.75) is 6.54 Å². The van der Waals surface area contributed by atoms with Crippen molar-refractivity contribution in [2.75, 3.05) is 12.4 Å². The normalized spacial score (nSPS) is 10.2. The zero-order valence-corrected chi connectivity index (χ0v) is 11.6. The maximum absolute atomic E-state index is 10.6. The van der Waals surface area contributed by atoms with E-state index in [1.54, 1.807) is 30.7 Å². The lowest BCUT2D eigenvalue weighted by molar-refractivity contribution is -0.380. The van der Waals surface area contributed by atoms with Crippen LogP contribution < -0.4 is 10.1 Å². The van der Waals surface area contributed by atoms with Gasteiger partial charge in [0.15, 0.2) is 0 Å². The van der Waals surface area contributed by atoms with Crippen molar-refractivity contribution < 1.29 is 9.66 Å². The molecule has 2 rings (SSSR count). The van der Waals surface area contributed by atoms with E-state index in [0.29, 0.717) is 17.3 Å². The average molecular weight is 299 g/mol. The molecule has 7 heteroatoms. The van der Waals surface area contributed by atoms with Crippen LogP contribution in [-0.2, 0) is 6.54 Å². The molecule has 0 saturated carbocycles. The molecule has 0 aliphatic carbocycles. The lowest BCUT2D eigenvalue weighted by Gasteiger charge is -2.08. The van der Waals surface area contributed by atoms with Crippen molar-refractivity contribution in [3.05, 3.63) is 50.3 Å². The van der Waals surface area contributed by atoms with Crippen molar-refractivity contribution in [3.8, 4) is 5.75 Å². The Morgan fingerprint density at radius 2 is 2.26 bits per heavy atom. The van der Waals surface area contributed by atoms with E-state index in [2.05, 4.69) is 5.32 Å². The summed E-state index contributed by atoms with van der Waals surface area (Å²) in [6.45, 7) is 0.509. The van der Waals surface area contributed by atoms with Crippen LogP contribution in [0.1, 0.15) is 5.56 Å². The first-order valence-corrected chi connectivity index (χ1v) is 6.65. The van der Waals surface area contributed by atoms with E-state index in [9.17, 15) is 10.1 Å². The zero-order chi connectivity index (χ0) is 13.8. The summed E-state index contributed by atoms with van der Waals surface area (Å²) in [4.78, 5) is 10.2. The maximum atomic E-state index is 10.6. The SMILES string of the molecule is COc1cc(NCc2csc([N+](=O)[O-])c2)ccc1Cl. The van der Waals surface area contributed by atoms with Crippen molar-refractivity contribution >= 4 is 33.6 Å². The molecule has 0 unspecified atom stereocenters. The van der Waals surface area contributed by atoms with Crippen LogP contribution in [0.15, 0.2) is 29.6 Å². The Balaban J connectivity index is 2.03. The number of thiophene rings is 1. The van der Waals surface area contributed by atoms with Crippen LogP contribution in [0.4, 0.5) is 10.7 Å². The van der Waals surface area contributed by atoms with Crippen molar-refractivity contribution in [3.63, 3.8) is 0 Å². The van der Waals surface area contributed by atoms with Crippen LogP contribution in [0.2, 0.25) is 5.02 Å². The Morgan fingerprint density at radius 3 is 2.89 bits per heavy atom. The standard InChI is InChI=1S/C12H11ClN2O3S/c1-18-11-5-9(2-3-10(11)13)14-6-8-4-12(15(16)17)19-7-8/h2-5,7,14H,6H2,1H3. The van der Waals surface area contributed by atoms with Crippen molar-refractivity contribution in [1.82, 2.24) is 0 Å². The summed E-state index contributed by atoms with van der Waals surface area (Å²) in [6.07, 6.45) is 0. The van der Waals surface area contributed by atoms with E-state index in [1.165, 1.54) is 0 Å². The number of methoxy groups -OCH3 is 1. The van der Waals surface area contributed by atoms with Gasteiger partial charge in [-0.1, -0.05) is 22.9 Å². The first-order chi connectivity index (χ1) is 9.10. The van der Waals surface area contributed by atoms with Gasteiger partial charge in [0.2, 0.25) is 0 Å². The lowest BCUT2D eigenvalue weighted by atomic mass is 10.2. The maximum Gasteiger partial charge on any atom is 0.324 e. The minimum atomic E-state index is -0.389. The van der Waals surface area contributed by atoms with E-state index in [-0.39, 0.29) is 9.92 Å². The molecule has 1 heterocycles. The Morgan fingerprint density at radius 1 is 1.47 bits per heavy atom. The molecule has 0 saturated heterocycles. The summed E-state index contributed by atoms with van der Waals surface area (Å²) in [5.74, 6) is 0.586. The molecule has 1 aromatic carbocycles. The number of hydrogen-bond donors (Lipinski definition) is 1. The number of halogens is 1. The zero-order valence-electron chi connectivity index (χ0n) is 10.1. The molecule has 1 aromatic heterocycles. The van der Waals surface area contributed by atoms with Gasteiger partial charge in [-0.15, -0.1) is 0 Å². The van der Waals surface area contributed by atoms with Crippen LogP contribution in [-0.4, -0.2) is 12.0 Å². The second-order valence-corrected chi connectivity index (χ2v) is 5.05. The number of ether oxygens (including phenoxy) is 1. The third-order valence-electron chi connectivity index (χ3n) is 2.47. The number of benzene rings is 1. The molecule has 0 spiro atoms. The Hall–Kier alpha value is -1.79. The molecule has 2 aromatic rings. The van der Waals surface area contributed by atoms with Crippen LogP contribution in [0.25, 0.3) is 0 Å². The van der Waals surface area contributed by atoms with Gasteiger partial charge in [0.25, 0.3) is 0 Å². The van der Waals surface area contributed by atoms with Gasteiger partial charge in [-0.25, -0.2) is 0 Å². The van der Waals surface area contributed by atoms with E-state index >= 15 is 0 Å². The number of nitro groups is 1. The van der Waals surface area contributed by atoms with Gasteiger partial charge < -0.3 is 10.1 Å². The monoisotopic (exact) mass is 298 g/mol. The van der Waals surface area contributed by atoms with Gasteiger partial charge in [0.1, 0.15) is 5.75 Å². The van der Waals surface area contributed by atoms with Gasteiger partial charge in [-0.3, -0.25) is 10.1 Å². The van der Waals surface area contributed by atoms with Crippen LogP contribution in [0.3, 0.4) is 0 Å². The number of nitrogens with zero attached hydrogens (tertiary/aromatic N) is 1. The van der Waals surface area contributed by atoms with Gasteiger partial charge in [-0.05, 0) is 17.7 Å². The highest BCUT2D eigenvalue weighted by Crippen LogP contribution is 2.28. The van der Waals surface area contributed by atoms with E-state index in [1.807, 2.05) is 6.07 Å². The molecule has 0 atom stereocenters. The average Bonchev–Trinajstić information content (AvgIpc) is 2.87. The quantitative estimate of drug-likeness (QED) is 0.671. The first kappa shape index (κ1) is 13.6. The predicted octanol–water partition coefficient (Wildman–Crippen LogP) is 3.93. The number of rotatable bonds is 5. The molecule has 0 amide bonds. The summed E-state index contributed by atoms with van der Waals surface area (Å²) >= 11 is 7.04. The summed E-state index contributed by atoms with van der Waals surface area (Å²) in [5.41, 5.74) is 1.71. The minimum absolute atomic E-state index is 0.144. The molecule has 0 fully saturated rings. The molecule has 100 valence electrons. The van der Waals surface area contributed by atoms with Gasteiger partial charge in [0.05, 0.1) is 17.1 Å².